The highest BCUT2D eigenvalue weighted by Gasteiger charge is 2.09. The van der Waals surface area contributed by atoms with Gasteiger partial charge >= 0.3 is 0 Å². The summed E-state index contributed by atoms with van der Waals surface area (Å²) in [7, 11) is 0. The van der Waals surface area contributed by atoms with Crippen molar-refractivity contribution in [2.45, 2.75) is 32.6 Å². The molecule has 0 fully saturated rings. The Labute approximate surface area is 91.3 Å². The summed E-state index contributed by atoms with van der Waals surface area (Å²) in [4.78, 5) is 10.1. The number of hydrogen-bond donors (Lipinski definition) is 0. The van der Waals surface area contributed by atoms with Crippen molar-refractivity contribution in [2.24, 2.45) is 0 Å². The van der Waals surface area contributed by atoms with Gasteiger partial charge in [-0.2, -0.15) is 0 Å². The molecule has 0 aromatic heterocycles. The molecule has 0 heterocycles. The van der Waals surface area contributed by atoms with E-state index in [0.29, 0.717) is 19.0 Å². The quantitative estimate of drug-likeness (QED) is 0.669. The molecule has 1 unspecified atom stereocenters. The lowest BCUT2D eigenvalue weighted by Gasteiger charge is -2.14. The Bertz CT molecular complexity index is 290. The summed E-state index contributed by atoms with van der Waals surface area (Å²) in [6, 6.07) is 8.53. The third-order valence-electron chi connectivity index (χ3n) is 2.72. The molecule has 0 bridgehead atoms. The van der Waals surface area contributed by atoms with Gasteiger partial charge < -0.3 is 4.74 Å². The van der Waals surface area contributed by atoms with Crippen LogP contribution < -0.4 is 0 Å². The van der Waals surface area contributed by atoms with E-state index in [2.05, 4.69) is 38.1 Å². The average Bonchev–Trinajstić information content (AvgIpc) is 2.31. The summed E-state index contributed by atoms with van der Waals surface area (Å²) < 4.78 is 4.82. The fraction of sp³-hybridized carbons (Fsp3) is 0.462. The Morgan fingerprint density at radius 1 is 1.27 bits per heavy atom. The van der Waals surface area contributed by atoms with Crippen molar-refractivity contribution in [3.63, 3.8) is 0 Å². The number of benzene rings is 1. The van der Waals surface area contributed by atoms with E-state index in [0.717, 1.165) is 12.8 Å². The van der Waals surface area contributed by atoms with E-state index < -0.39 is 0 Å². The zero-order valence-corrected chi connectivity index (χ0v) is 9.40. The van der Waals surface area contributed by atoms with Gasteiger partial charge in [-0.3, -0.25) is 4.79 Å². The summed E-state index contributed by atoms with van der Waals surface area (Å²) in [5.74, 6) is 0.320. The molecule has 1 aromatic rings. The van der Waals surface area contributed by atoms with E-state index in [1.165, 1.54) is 11.1 Å². The minimum Gasteiger partial charge on any atom is -0.467 e. The van der Waals surface area contributed by atoms with Gasteiger partial charge in [0.2, 0.25) is 0 Å². The Balaban J connectivity index is 2.69. The zero-order chi connectivity index (χ0) is 11.1. The van der Waals surface area contributed by atoms with E-state index >= 15 is 0 Å². The van der Waals surface area contributed by atoms with Crippen LogP contribution in [0.4, 0.5) is 0 Å². The second-order valence-electron chi connectivity index (χ2n) is 3.63. The Kier molecular flexibility index (Phi) is 4.88. The van der Waals surface area contributed by atoms with Gasteiger partial charge in [-0.25, -0.2) is 0 Å². The van der Waals surface area contributed by atoms with Crippen molar-refractivity contribution in [3.05, 3.63) is 35.4 Å². The topological polar surface area (TPSA) is 26.3 Å². The van der Waals surface area contributed by atoms with E-state index in [-0.39, 0.29) is 0 Å². The van der Waals surface area contributed by atoms with Gasteiger partial charge in [-0.05, 0) is 24.0 Å². The first-order valence-electron chi connectivity index (χ1n) is 5.45. The third kappa shape index (κ3) is 3.39. The van der Waals surface area contributed by atoms with Crippen molar-refractivity contribution in [2.75, 3.05) is 6.61 Å². The smallest absolute Gasteiger partial charge is 0.293 e. The highest BCUT2D eigenvalue weighted by atomic mass is 16.5. The second kappa shape index (κ2) is 6.23. The van der Waals surface area contributed by atoms with Gasteiger partial charge in [0.15, 0.2) is 0 Å². The summed E-state index contributed by atoms with van der Waals surface area (Å²) in [5.41, 5.74) is 2.58. The molecule has 0 saturated heterocycles. The molecule has 1 rings (SSSR count). The van der Waals surface area contributed by atoms with E-state index in [1.807, 2.05) is 0 Å². The van der Waals surface area contributed by atoms with Gasteiger partial charge in [0.1, 0.15) is 0 Å². The molecule has 0 aliphatic heterocycles. The zero-order valence-electron chi connectivity index (χ0n) is 9.40. The van der Waals surface area contributed by atoms with Crippen LogP contribution in [0.5, 0.6) is 0 Å². The van der Waals surface area contributed by atoms with Crippen molar-refractivity contribution >= 4 is 6.47 Å². The Morgan fingerprint density at radius 3 is 2.40 bits per heavy atom. The average molecular weight is 206 g/mol. The molecule has 0 radical (unpaired) electrons. The molecule has 0 spiro atoms. The molecule has 0 amide bonds. The van der Waals surface area contributed by atoms with Crippen molar-refractivity contribution < 1.29 is 9.53 Å². The van der Waals surface area contributed by atoms with Crippen molar-refractivity contribution in [1.29, 1.82) is 0 Å². The number of carbonyl (C=O) groups excluding carboxylic acids is 1. The number of rotatable bonds is 6. The highest BCUT2D eigenvalue weighted by molar-refractivity contribution is 5.37. The lowest BCUT2D eigenvalue weighted by Crippen LogP contribution is -2.06. The minimum atomic E-state index is 0.320. The molecule has 1 atom stereocenters. The van der Waals surface area contributed by atoms with Gasteiger partial charge in [0, 0.05) is 5.92 Å². The first kappa shape index (κ1) is 11.8. The van der Waals surface area contributed by atoms with E-state index in [9.17, 15) is 4.79 Å². The number of hydrogen-bond acceptors (Lipinski definition) is 2. The molecule has 2 nitrogen and oxygen atoms in total. The molecular formula is C13H18O2. The standard InChI is InChI=1S/C13H18O2/c1-3-11-5-7-13(8-6-11)12(4-2)9-15-10-14/h5-8,10,12H,3-4,9H2,1-2H3. The lowest BCUT2D eigenvalue weighted by molar-refractivity contribution is -0.129. The van der Waals surface area contributed by atoms with Gasteiger partial charge in [0.25, 0.3) is 6.47 Å². The SMILES string of the molecule is CCc1ccc(C(CC)COC=O)cc1. The first-order chi connectivity index (χ1) is 7.31. The normalized spacial score (nSPS) is 12.1. The molecule has 0 N–H and O–H groups in total. The van der Waals surface area contributed by atoms with E-state index in [4.69, 9.17) is 4.74 Å². The van der Waals surface area contributed by atoms with Crippen LogP contribution in [0.3, 0.4) is 0 Å². The number of aryl methyl sites for hydroxylation is 1. The monoisotopic (exact) mass is 206 g/mol. The molecule has 82 valence electrons. The summed E-state index contributed by atoms with van der Waals surface area (Å²) in [6.45, 7) is 5.24. The Hall–Kier alpha value is -1.31. The maximum absolute atomic E-state index is 10.1. The van der Waals surface area contributed by atoms with Crippen LogP contribution >= 0.6 is 0 Å². The van der Waals surface area contributed by atoms with Crippen molar-refractivity contribution in [3.8, 4) is 0 Å². The van der Waals surface area contributed by atoms with E-state index in [1.54, 1.807) is 0 Å². The molecule has 2 heteroatoms. The predicted octanol–water partition coefficient (Wildman–Crippen LogP) is 2.92. The number of carbonyl (C=O) groups is 1. The molecule has 15 heavy (non-hydrogen) atoms. The first-order valence-corrected chi connectivity index (χ1v) is 5.45. The molecule has 1 aromatic carbocycles. The molecular weight excluding hydrogens is 188 g/mol. The second-order valence-corrected chi connectivity index (χ2v) is 3.63. The third-order valence-corrected chi connectivity index (χ3v) is 2.72. The summed E-state index contributed by atoms with van der Waals surface area (Å²) in [6.07, 6.45) is 2.04. The van der Waals surface area contributed by atoms with Gasteiger partial charge in [-0.15, -0.1) is 0 Å². The maximum Gasteiger partial charge on any atom is 0.293 e. The van der Waals surface area contributed by atoms with Crippen LogP contribution in [0.25, 0.3) is 0 Å². The van der Waals surface area contributed by atoms with Crippen LogP contribution in [0, 0.1) is 0 Å². The van der Waals surface area contributed by atoms with Crippen LogP contribution in [0.15, 0.2) is 24.3 Å². The van der Waals surface area contributed by atoms with Gasteiger partial charge in [0.05, 0.1) is 6.61 Å². The lowest BCUT2D eigenvalue weighted by atomic mass is 9.96. The highest BCUT2D eigenvalue weighted by Crippen LogP contribution is 2.20. The van der Waals surface area contributed by atoms with Crippen LogP contribution in [-0.4, -0.2) is 13.1 Å². The number of ether oxygens (including phenoxy) is 1. The fourth-order valence-electron chi connectivity index (χ4n) is 1.63. The summed E-state index contributed by atoms with van der Waals surface area (Å²) in [5, 5.41) is 0. The van der Waals surface area contributed by atoms with Crippen LogP contribution in [-0.2, 0) is 16.0 Å². The maximum atomic E-state index is 10.1. The Morgan fingerprint density at radius 2 is 1.93 bits per heavy atom. The fourth-order valence-corrected chi connectivity index (χ4v) is 1.63. The largest absolute Gasteiger partial charge is 0.467 e. The van der Waals surface area contributed by atoms with Crippen molar-refractivity contribution in [1.82, 2.24) is 0 Å². The van der Waals surface area contributed by atoms with Crippen LogP contribution in [0.1, 0.15) is 37.3 Å². The molecule has 0 aliphatic carbocycles. The molecule has 0 saturated carbocycles. The molecule has 0 aliphatic rings. The van der Waals surface area contributed by atoms with Crippen LogP contribution in [0.2, 0.25) is 0 Å². The predicted molar refractivity (Wildman–Crippen MR) is 60.9 cm³/mol. The summed E-state index contributed by atoms with van der Waals surface area (Å²) >= 11 is 0. The minimum absolute atomic E-state index is 0.320. The van der Waals surface area contributed by atoms with Gasteiger partial charge in [-0.1, -0.05) is 38.1 Å².